The predicted octanol–water partition coefficient (Wildman–Crippen LogP) is 4.24. The molecule has 16 heavy (non-hydrogen) atoms. The van der Waals surface area contributed by atoms with Crippen molar-refractivity contribution < 1.29 is 0 Å². The lowest BCUT2D eigenvalue weighted by Gasteiger charge is -2.14. The molecule has 0 radical (unpaired) electrons. The standard InChI is InChI=1S/C13H17Cl2N/c1-2-16-11-5-3-9(7-11)12-8-10(14)4-6-13(12)15/h4,6,8-9,11,16H,2-3,5,7H2,1H3. The first-order valence-electron chi connectivity index (χ1n) is 5.89. The van der Waals surface area contributed by atoms with Gasteiger partial charge in [-0.1, -0.05) is 30.1 Å². The Morgan fingerprint density at radius 2 is 2.12 bits per heavy atom. The van der Waals surface area contributed by atoms with Gasteiger partial charge in [-0.2, -0.15) is 0 Å². The van der Waals surface area contributed by atoms with E-state index in [9.17, 15) is 0 Å². The van der Waals surface area contributed by atoms with Crippen LogP contribution in [0.4, 0.5) is 0 Å². The lowest BCUT2D eigenvalue weighted by molar-refractivity contribution is 0.535. The molecule has 1 saturated carbocycles. The highest BCUT2D eigenvalue weighted by atomic mass is 35.5. The molecular formula is C13H17Cl2N. The Balaban J connectivity index is 2.11. The predicted molar refractivity (Wildman–Crippen MR) is 70.5 cm³/mol. The van der Waals surface area contributed by atoms with E-state index in [-0.39, 0.29) is 0 Å². The van der Waals surface area contributed by atoms with Crippen molar-refractivity contribution in [1.29, 1.82) is 0 Å². The van der Waals surface area contributed by atoms with E-state index in [1.807, 2.05) is 18.2 Å². The Bertz CT molecular complexity index is 365. The van der Waals surface area contributed by atoms with E-state index in [1.54, 1.807) is 0 Å². The second-order valence-corrected chi connectivity index (χ2v) is 5.27. The van der Waals surface area contributed by atoms with Gasteiger partial charge in [0, 0.05) is 16.1 Å². The van der Waals surface area contributed by atoms with Gasteiger partial charge in [-0.05, 0) is 55.5 Å². The highest BCUT2D eigenvalue weighted by molar-refractivity contribution is 6.33. The van der Waals surface area contributed by atoms with Crippen LogP contribution in [0.2, 0.25) is 10.0 Å². The summed E-state index contributed by atoms with van der Waals surface area (Å²) in [6.45, 7) is 3.19. The molecule has 3 heteroatoms. The summed E-state index contributed by atoms with van der Waals surface area (Å²) >= 11 is 12.2. The number of hydrogen-bond acceptors (Lipinski definition) is 1. The van der Waals surface area contributed by atoms with Crippen molar-refractivity contribution in [2.24, 2.45) is 0 Å². The van der Waals surface area contributed by atoms with E-state index in [1.165, 1.54) is 24.8 Å². The van der Waals surface area contributed by atoms with E-state index in [0.717, 1.165) is 16.6 Å². The molecule has 2 atom stereocenters. The smallest absolute Gasteiger partial charge is 0.0441 e. The van der Waals surface area contributed by atoms with Crippen molar-refractivity contribution in [1.82, 2.24) is 5.32 Å². The molecule has 88 valence electrons. The van der Waals surface area contributed by atoms with E-state index in [4.69, 9.17) is 23.2 Å². The molecule has 1 N–H and O–H groups in total. The van der Waals surface area contributed by atoms with Gasteiger partial charge in [0.1, 0.15) is 0 Å². The average Bonchev–Trinajstić information content (AvgIpc) is 2.71. The molecule has 0 bridgehead atoms. The Hall–Kier alpha value is -0.240. The molecule has 0 aromatic heterocycles. The van der Waals surface area contributed by atoms with Crippen molar-refractivity contribution in [3.8, 4) is 0 Å². The number of halogens is 2. The van der Waals surface area contributed by atoms with Crippen LogP contribution in [0, 0.1) is 0 Å². The van der Waals surface area contributed by atoms with Crippen LogP contribution < -0.4 is 5.32 Å². The molecule has 1 aromatic carbocycles. The molecule has 0 saturated heterocycles. The van der Waals surface area contributed by atoms with Gasteiger partial charge in [0.05, 0.1) is 0 Å². The van der Waals surface area contributed by atoms with Gasteiger partial charge >= 0.3 is 0 Å². The van der Waals surface area contributed by atoms with E-state index in [0.29, 0.717) is 12.0 Å². The lowest BCUT2D eigenvalue weighted by atomic mass is 9.97. The van der Waals surface area contributed by atoms with Gasteiger partial charge in [0.15, 0.2) is 0 Å². The molecule has 0 amide bonds. The molecule has 1 nitrogen and oxygen atoms in total. The van der Waals surface area contributed by atoms with Crippen LogP contribution in [0.15, 0.2) is 18.2 Å². The van der Waals surface area contributed by atoms with E-state index < -0.39 is 0 Å². The summed E-state index contributed by atoms with van der Waals surface area (Å²) in [4.78, 5) is 0. The second kappa shape index (κ2) is 5.39. The largest absolute Gasteiger partial charge is 0.314 e. The summed E-state index contributed by atoms with van der Waals surface area (Å²) in [6.07, 6.45) is 3.62. The fourth-order valence-electron chi connectivity index (χ4n) is 2.57. The van der Waals surface area contributed by atoms with Crippen LogP contribution in [0.3, 0.4) is 0 Å². The van der Waals surface area contributed by atoms with E-state index >= 15 is 0 Å². The van der Waals surface area contributed by atoms with Crippen molar-refractivity contribution >= 4 is 23.2 Å². The number of rotatable bonds is 3. The quantitative estimate of drug-likeness (QED) is 0.855. The van der Waals surface area contributed by atoms with E-state index in [2.05, 4.69) is 12.2 Å². The average molecular weight is 258 g/mol. The summed E-state index contributed by atoms with van der Waals surface area (Å²) in [7, 11) is 0. The zero-order valence-electron chi connectivity index (χ0n) is 9.47. The summed E-state index contributed by atoms with van der Waals surface area (Å²) in [6, 6.07) is 6.41. The molecule has 2 rings (SSSR count). The zero-order valence-corrected chi connectivity index (χ0v) is 11.0. The lowest BCUT2D eigenvalue weighted by Crippen LogP contribution is -2.25. The third kappa shape index (κ3) is 2.71. The maximum atomic E-state index is 6.22. The Labute approximate surface area is 107 Å². The van der Waals surface area contributed by atoms with Crippen molar-refractivity contribution in [2.75, 3.05) is 6.54 Å². The first kappa shape index (κ1) is 12.2. The zero-order chi connectivity index (χ0) is 11.5. The Morgan fingerprint density at radius 3 is 2.88 bits per heavy atom. The van der Waals surface area contributed by atoms with Gasteiger partial charge in [0.2, 0.25) is 0 Å². The summed E-state index contributed by atoms with van der Waals surface area (Å²) < 4.78 is 0. The maximum Gasteiger partial charge on any atom is 0.0441 e. The van der Waals surface area contributed by atoms with Crippen LogP contribution in [0.5, 0.6) is 0 Å². The fraction of sp³-hybridized carbons (Fsp3) is 0.538. The third-order valence-corrected chi connectivity index (χ3v) is 3.90. The van der Waals surface area contributed by atoms with Gasteiger partial charge < -0.3 is 5.32 Å². The fourth-order valence-corrected chi connectivity index (χ4v) is 3.02. The first-order chi connectivity index (χ1) is 7.70. The minimum atomic E-state index is 0.565. The van der Waals surface area contributed by atoms with Gasteiger partial charge in [0.25, 0.3) is 0 Å². The summed E-state index contributed by atoms with van der Waals surface area (Å²) in [5, 5.41) is 5.14. The molecule has 1 aliphatic rings. The topological polar surface area (TPSA) is 12.0 Å². The summed E-state index contributed by atoms with van der Waals surface area (Å²) in [5.74, 6) is 0.565. The maximum absolute atomic E-state index is 6.22. The monoisotopic (exact) mass is 257 g/mol. The number of hydrogen-bond donors (Lipinski definition) is 1. The van der Waals surface area contributed by atoms with Gasteiger partial charge in [-0.3, -0.25) is 0 Å². The van der Waals surface area contributed by atoms with Crippen LogP contribution in [-0.2, 0) is 0 Å². The van der Waals surface area contributed by atoms with Crippen LogP contribution in [0.25, 0.3) is 0 Å². The Kier molecular flexibility index (Phi) is 4.12. The van der Waals surface area contributed by atoms with Crippen LogP contribution in [-0.4, -0.2) is 12.6 Å². The molecule has 0 aliphatic heterocycles. The molecule has 1 aliphatic carbocycles. The minimum absolute atomic E-state index is 0.565. The van der Waals surface area contributed by atoms with Gasteiger partial charge in [-0.15, -0.1) is 0 Å². The SMILES string of the molecule is CCNC1CCC(c2cc(Cl)ccc2Cl)C1. The number of nitrogens with one attached hydrogen (secondary N) is 1. The molecule has 0 spiro atoms. The number of benzene rings is 1. The molecular weight excluding hydrogens is 241 g/mol. The highest BCUT2D eigenvalue weighted by Crippen LogP contribution is 2.38. The molecule has 1 aromatic rings. The summed E-state index contributed by atoms with van der Waals surface area (Å²) in [5.41, 5.74) is 1.22. The van der Waals surface area contributed by atoms with Crippen molar-refractivity contribution in [3.63, 3.8) is 0 Å². The van der Waals surface area contributed by atoms with Crippen molar-refractivity contribution in [3.05, 3.63) is 33.8 Å². The Morgan fingerprint density at radius 1 is 1.31 bits per heavy atom. The first-order valence-corrected chi connectivity index (χ1v) is 6.64. The third-order valence-electron chi connectivity index (χ3n) is 3.32. The molecule has 1 fully saturated rings. The van der Waals surface area contributed by atoms with Crippen LogP contribution >= 0.6 is 23.2 Å². The second-order valence-electron chi connectivity index (χ2n) is 4.43. The van der Waals surface area contributed by atoms with Crippen molar-refractivity contribution in [2.45, 2.75) is 38.1 Å². The highest BCUT2D eigenvalue weighted by Gasteiger charge is 2.26. The normalized spacial score (nSPS) is 24.9. The molecule has 0 heterocycles. The minimum Gasteiger partial charge on any atom is -0.314 e. The molecule has 2 unspecified atom stereocenters. The van der Waals surface area contributed by atoms with Gasteiger partial charge in [-0.25, -0.2) is 0 Å². The van der Waals surface area contributed by atoms with Crippen LogP contribution in [0.1, 0.15) is 37.7 Å².